The van der Waals surface area contributed by atoms with Crippen molar-refractivity contribution in [3.8, 4) is 5.75 Å². The SMILES string of the molecule is CN(CCOc1cccc(Cl)c1)C(=O)CC1CCNC1.Cl. The Balaban J connectivity index is 0.00000220. The van der Waals surface area contributed by atoms with Crippen molar-refractivity contribution in [2.75, 3.05) is 33.3 Å². The van der Waals surface area contributed by atoms with Gasteiger partial charge in [-0.1, -0.05) is 17.7 Å². The molecule has 1 amide bonds. The standard InChI is InChI=1S/C15H21ClN2O2.ClH/c1-18(15(19)9-12-5-6-17-11-12)7-8-20-14-4-2-3-13(16)10-14;/h2-4,10,12,17H,5-9,11H2,1H3;1H. The molecule has 21 heavy (non-hydrogen) atoms. The number of hydrogen-bond donors (Lipinski definition) is 1. The van der Waals surface area contributed by atoms with Crippen molar-refractivity contribution < 1.29 is 9.53 Å². The zero-order valence-corrected chi connectivity index (χ0v) is 13.8. The summed E-state index contributed by atoms with van der Waals surface area (Å²) >= 11 is 5.88. The van der Waals surface area contributed by atoms with Crippen LogP contribution in [-0.2, 0) is 4.79 Å². The van der Waals surface area contributed by atoms with Gasteiger partial charge in [0.2, 0.25) is 5.91 Å². The van der Waals surface area contributed by atoms with Crippen LogP contribution in [0.1, 0.15) is 12.8 Å². The maximum absolute atomic E-state index is 12.0. The van der Waals surface area contributed by atoms with Crippen LogP contribution >= 0.6 is 24.0 Å². The van der Waals surface area contributed by atoms with Crippen molar-refractivity contribution in [2.24, 2.45) is 5.92 Å². The van der Waals surface area contributed by atoms with Gasteiger partial charge in [0.1, 0.15) is 12.4 Å². The van der Waals surface area contributed by atoms with Gasteiger partial charge in [0.05, 0.1) is 6.54 Å². The first kappa shape index (κ1) is 18.1. The first-order valence-electron chi connectivity index (χ1n) is 6.98. The minimum absolute atomic E-state index is 0. The Labute approximate surface area is 137 Å². The molecule has 1 unspecified atom stereocenters. The Kier molecular flexibility index (Phi) is 7.86. The van der Waals surface area contributed by atoms with Crippen LogP contribution < -0.4 is 10.1 Å². The van der Waals surface area contributed by atoms with E-state index >= 15 is 0 Å². The molecule has 1 aromatic carbocycles. The number of nitrogens with one attached hydrogen (secondary N) is 1. The van der Waals surface area contributed by atoms with Crippen LogP contribution in [0.15, 0.2) is 24.3 Å². The van der Waals surface area contributed by atoms with Crippen LogP contribution in [-0.4, -0.2) is 44.1 Å². The molecule has 1 atom stereocenters. The lowest BCUT2D eigenvalue weighted by Gasteiger charge is -2.19. The molecule has 0 aromatic heterocycles. The molecule has 6 heteroatoms. The molecule has 118 valence electrons. The number of rotatable bonds is 6. The van der Waals surface area contributed by atoms with E-state index in [2.05, 4.69) is 5.32 Å². The highest BCUT2D eigenvalue weighted by molar-refractivity contribution is 6.30. The summed E-state index contributed by atoms with van der Waals surface area (Å²) in [6.07, 6.45) is 1.72. The van der Waals surface area contributed by atoms with E-state index in [0.29, 0.717) is 30.5 Å². The molecule has 1 N–H and O–H groups in total. The van der Waals surface area contributed by atoms with Crippen molar-refractivity contribution in [1.29, 1.82) is 0 Å². The van der Waals surface area contributed by atoms with Gasteiger partial charge in [0, 0.05) is 18.5 Å². The van der Waals surface area contributed by atoms with Crippen LogP contribution in [0.3, 0.4) is 0 Å². The highest BCUT2D eigenvalue weighted by Gasteiger charge is 2.19. The van der Waals surface area contributed by atoms with Crippen molar-refractivity contribution in [1.82, 2.24) is 10.2 Å². The topological polar surface area (TPSA) is 41.6 Å². The number of nitrogens with zero attached hydrogens (tertiary/aromatic N) is 1. The lowest BCUT2D eigenvalue weighted by molar-refractivity contribution is -0.131. The van der Waals surface area contributed by atoms with E-state index in [1.54, 1.807) is 17.0 Å². The highest BCUT2D eigenvalue weighted by atomic mass is 35.5. The van der Waals surface area contributed by atoms with E-state index < -0.39 is 0 Å². The van der Waals surface area contributed by atoms with Gasteiger partial charge in [-0.3, -0.25) is 4.79 Å². The van der Waals surface area contributed by atoms with Gasteiger partial charge in [-0.2, -0.15) is 0 Å². The smallest absolute Gasteiger partial charge is 0.222 e. The van der Waals surface area contributed by atoms with Crippen LogP contribution in [0.25, 0.3) is 0 Å². The van der Waals surface area contributed by atoms with Crippen molar-refractivity contribution in [2.45, 2.75) is 12.8 Å². The molecule has 0 radical (unpaired) electrons. The van der Waals surface area contributed by atoms with Crippen molar-refractivity contribution >= 4 is 29.9 Å². The lowest BCUT2D eigenvalue weighted by atomic mass is 10.0. The number of halogens is 2. The molecule has 1 heterocycles. The Morgan fingerprint density at radius 3 is 3.00 bits per heavy atom. The second kappa shape index (κ2) is 9.13. The van der Waals surface area contributed by atoms with Gasteiger partial charge in [-0.15, -0.1) is 12.4 Å². The summed E-state index contributed by atoms with van der Waals surface area (Å²) < 4.78 is 5.59. The van der Waals surface area contributed by atoms with Crippen LogP contribution in [0.2, 0.25) is 5.02 Å². The summed E-state index contributed by atoms with van der Waals surface area (Å²) in [6, 6.07) is 7.28. The van der Waals surface area contributed by atoms with Crippen LogP contribution in [0.5, 0.6) is 5.75 Å². The van der Waals surface area contributed by atoms with E-state index in [4.69, 9.17) is 16.3 Å². The molecule has 0 aliphatic carbocycles. The first-order chi connectivity index (χ1) is 9.65. The van der Waals surface area contributed by atoms with E-state index in [0.717, 1.165) is 25.3 Å². The third-order valence-corrected chi connectivity index (χ3v) is 3.78. The summed E-state index contributed by atoms with van der Waals surface area (Å²) in [4.78, 5) is 13.8. The van der Waals surface area contributed by atoms with Crippen LogP contribution in [0.4, 0.5) is 0 Å². The monoisotopic (exact) mass is 332 g/mol. The molecule has 0 bridgehead atoms. The fraction of sp³-hybridized carbons (Fsp3) is 0.533. The van der Waals surface area contributed by atoms with Gasteiger partial charge in [0.15, 0.2) is 0 Å². The minimum atomic E-state index is 0. The van der Waals surface area contributed by atoms with Gasteiger partial charge >= 0.3 is 0 Å². The average molecular weight is 333 g/mol. The maximum Gasteiger partial charge on any atom is 0.222 e. The third kappa shape index (κ3) is 6.12. The summed E-state index contributed by atoms with van der Waals surface area (Å²) in [6.45, 7) is 3.05. The zero-order valence-electron chi connectivity index (χ0n) is 12.2. The lowest BCUT2D eigenvalue weighted by Crippen LogP contribution is -2.32. The fourth-order valence-corrected chi connectivity index (χ4v) is 2.45. The number of carbonyl (C=O) groups excluding carboxylic acids is 1. The molecule has 1 saturated heterocycles. The van der Waals surface area contributed by atoms with Crippen molar-refractivity contribution in [3.63, 3.8) is 0 Å². The number of amides is 1. The van der Waals surface area contributed by atoms with E-state index in [-0.39, 0.29) is 18.3 Å². The second-order valence-electron chi connectivity index (χ2n) is 5.18. The summed E-state index contributed by atoms with van der Waals surface area (Å²) in [5, 5.41) is 3.93. The van der Waals surface area contributed by atoms with E-state index in [1.165, 1.54) is 0 Å². The normalized spacial score (nSPS) is 17.1. The van der Waals surface area contributed by atoms with Gasteiger partial charge < -0.3 is 15.0 Å². The molecular weight excluding hydrogens is 311 g/mol. The summed E-state index contributed by atoms with van der Waals surface area (Å²) in [7, 11) is 1.83. The fourth-order valence-electron chi connectivity index (χ4n) is 2.27. The number of likely N-dealkylation sites (N-methyl/N-ethyl adjacent to an activating group) is 1. The number of benzene rings is 1. The summed E-state index contributed by atoms with van der Waals surface area (Å²) in [5.74, 6) is 1.41. The van der Waals surface area contributed by atoms with Gasteiger partial charge in [-0.05, 0) is 43.6 Å². The Morgan fingerprint density at radius 1 is 1.52 bits per heavy atom. The second-order valence-corrected chi connectivity index (χ2v) is 5.62. The summed E-state index contributed by atoms with van der Waals surface area (Å²) in [5.41, 5.74) is 0. The Bertz CT molecular complexity index is 451. The van der Waals surface area contributed by atoms with E-state index in [1.807, 2.05) is 19.2 Å². The maximum atomic E-state index is 12.0. The quantitative estimate of drug-likeness (QED) is 0.870. The average Bonchev–Trinajstić information content (AvgIpc) is 2.91. The minimum Gasteiger partial charge on any atom is -0.492 e. The number of carbonyl (C=O) groups is 1. The predicted octanol–water partition coefficient (Wildman–Crippen LogP) is 2.60. The molecule has 2 rings (SSSR count). The largest absolute Gasteiger partial charge is 0.492 e. The molecule has 1 aliphatic heterocycles. The molecule has 1 aliphatic rings. The van der Waals surface area contributed by atoms with Crippen molar-refractivity contribution in [3.05, 3.63) is 29.3 Å². The Morgan fingerprint density at radius 2 is 2.33 bits per heavy atom. The first-order valence-corrected chi connectivity index (χ1v) is 7.36. The molecule has 1 aromatic rings. The van der Waals surface area contributed by atoms with Crippen LogP contribution in [0, 0.1) is 5.92 Å². The molecule has 1 fully saturated rings. The highest BCUT2D eigenvalue weighted by Crippen LogP contribution is 2.17. The molecule has 0 saturated carbocycles. The molecular formula is C15H22Cl2N2O2. The third-order valence-electron chi connectivity index (χ3n) is 3.54. The van der Waals surface area contributed by atoms with Gasteiger partial charge in [0.25, 0.3) is 0 Å². The molecule has 4 nitrogen and oxygen atoms in total. The predicted molar refractivity (Wildman–Crippen MR) is 87.4 cm³/mol. The zero-order chi connectivity index (χ0) is 14.4. The van der Waals surface area contributed by atoms with Gasteiger partial charge in [-0.25, -0.2) is 0 Å². The van der Waals surface area contributed by atoms with E-state index in [9.17, 15) is 4.79 Å². The Hall–Kier alpha value is -0.970. The number of ether oxygens (including phenoxy) is 1. The number of hydrogen-bond acceptors (Lipinski definition) is 3. The molecule has 0 spiro atoms.